The minimum absolute atomic E-state index is 0.179. The molecule has 0 spiro atoms. The van der Waals surface area contributed by atoms with Crippen molar-refractivity contribution in [2.24, 2.45) is 0 Å². The van der Waals surface area contributed by atoms with Gasteiger partial charge in [-0.1, -0.05) is 18.9 Å². The second kappa shape index (κ2) is 4.42. The average Bonchev–Trinajstić information content (AvgIpc) is 2.23. The van der Waals surface area contributed by atoms with Gasteiger partial charge in [0.25, 0.3) is 0 Å². The molecule has 0 aliphatic heterocycles. The van der Waals surface area contributed by atoms with Crippen molar-refractivity contribution in [3.63, 3.8) is 0 Å². The maximum Gasteiger partial charge on any atom is 0.126 e. The molecule has 1 heterocycles. The highest BCUT2D eigenvalue weighted by molar-refractivity contribution is 5.34. The minimum Gasteiger partial charge on any atom is -0.391 e. The van der Waals surface area contributed by atoms with Crippen LogP contribution in [0, 0.1) is 0 Å². The highest BCUT2D eigenvalue weighted by atomic mass is 16.3. The van der Waals surface area contributed by atoms with Crippen molar-refractivity contribution in [1.82, 2.24) is 4.98 Å². The standard InChI is InChI=1S/C11H16N2O/c14-10-6-2-1-5-9(10)13-11-7-3-4-8-12-11/h3-4,7-10,14H,1-2,5-6H2,(H,12,13). The van der Waals surface area contributed by atoms with Crippen molar-refractivity contribution >= 4 is 5.82 Å². The van der Waals surface area contributed by atoms with Gasteiger partial charge in [0.15, 0.2) is 0 Å². The van der Waals surface area contributed by atoms with Crippen molar-refractivity contribution in [2.45, 2.75) is 37.8 Å². The van der Waals surface area contributed by atoms with E-state index in [1.807, 2.05) is 18.2 Å². The Kier molecular flexibility index (Phi) is 2.99. The average molecular weight is 192 g/mol. The first-order valence-electron chi connectivity index (χ1n) is 5.22. The molecule has 2 N–H and O–H groups in total. The number of aliphatic hydroxyl groups excluding tert-OH is 1. The lowest BCUT2D eigenvalue weighted by atomic mass is 9.93. The molecule has 0 radical (unpaired) electrons. The molecule has 0 bridgehead atoms. The third-order valence-corrected chi connectivity index (χ3v) is 2.73. The van der Waals surface area contributed by atoms with Gasteiger partial charge >= 0.3 is 0 Å². The number of nitrogens with zero attached hydrogens (tertiary/aromatic N) is 1. The van der Waals surface area contributed by atoms with Gasteiger partial charge in [0, 0.05) is 6.20 Å². The lowest BCUT2D eigenvalue weighted by Gasteiger charge is -2.28. The molecule has 1 aromatic heterocycles. The molecule has 3 heteroatoms. The topological polar surface area (TPSA) is 45.1 Å². The summed E-state index contributed by atoms with van der Waals surface area (Å²) in [5, 5.41) is 13.0. The zero-order valence-electron chi connectivity index (χ0n) is 8.19. The molecule has 14 heavy (non-hydrogen) atoms. The summed E-state index contributed by atoms with van der Waals surface area (Å²) in [7, 11) is 0. The number of hydrogen-bond acceptors (Lipinski definition) is 3. The summed E-state index contributed by atoms with van der Waals surface area (Å²) in [5.41, 5.74) is 0. The molecule has 1 aliphatic carbocycles. The fourth-order valence-corrected chi connectivity index (χ4v) is 1.92. The summed E-state index contributed by atoms with van der Waals surface area (Å²) in [6, 6.07) is 5.95. The quantitative estimate of drug-likeness (QED) is 0.751. The minimum atomic E-state index is -0.217. The van der Waals surface area contributed by atoms with Gasteiger partial charge in [0.2, 0.25) is 0 Å². The summed E-state index contributed by atoms with van der Waals surface area (Å²) in [5.74, 6) is 0.860. The van der Waals surface area contributed by atoms with E-state index in [1.54, 1.807) is 6.20 Å². The molecule has 1 fully saturated rings. The fraction of sp³-hybridized carbons (Fsp3) is 0.545. The maximum atomic E-state index is 9.74. The van der Waals surface area contributed by atoms with Crippen molar-refractivity contribution in [2.75, 3.05) is 5.32 Å². The number of aliphatic hydroxyl groups is 1. The molecule has 2 unspecified atom stereocenters. The molecular formula is C11H16N2O. The highest BCUT2D eigenvalue weighted by Gasteiger charge is 2.22. The molecule has 3 nitrogen and oxygen atoms in total. The van der Waals surface area contributed by atoms with Crippen LogP contribution in [0.25, 0.3) is 0 Å². The van der Waals surface area contributed by atoms with Crippen LogP contribution < -0.4 is 5.32 Å². The second-order valence-corrected chi connectivity index (χ2v) is 3.82. The van der Waals surface area contributed by atoms with Crippen LogP contribution in [0.2, 0.25) is 0 Å². The van der Waals surface area contributed by atoms with Gasteiger partial charge in [-0.15, -0.1) is 0 Å². The highest BCUT2D eigenvalue weighted by Crippen LogP contribution is 2.21. The Morgan fingerprint density at radius 1 is 1.29 bits per heavy atom. The van der Waals surface area contributed by atoms with E-state index in [1.165, 1.54) is 6.42 Å². The molecular weight excluding hydrogens is 176 g/mol. The van der Waals surface area contributed by atoms with Gasteiger partial charge in [-0.2, -0.15) is 0 Å². The Hall–Kier alpha value is -1.09. The molecule has 0 saturated heterocycles. The lowest BCUT2D eigenvalue weighted by Crippen LogP contribution is -2.36. The summed E-state index contributed by atoms with van der Waals surface area (Å²) in [6.07, 6.45) is 5.83. The third-order valence-electron chi connectivity index (χ3n) is 2.73. The summed E-state index contributed by atoms with van der Waals surface area (Å²) in [6.45, 7) is 0. The zero-order chi connectivity index (χ0) is 9.80. The third kappa shape index (κ3) is 2.23. The van der Waals surface area contributed by atoms with E-state index >= 15 is 0 Å². The zero-order valence-corrected chi connectivity index (χ0v) is 8.19. The Balaban J connectivity index is 1.96. The first-order valence-corrected chi connectivity index (χ1v) is 5.22. The summed E-state index contributed by atoms with van der Waals surface area (Å²) in [4.78, 5) is 4.19. The number of nitrogens with one attached hydrogen (secondary N) is 1. The van der Waals surface area contributed by atoms with Crippen LogP contribution in [-0.2, 0) is 0 Å². The van der Waals surface area contributed by atoms with Crippen LogP contribution >= 0.6 is 0 Å². The van der Waals surface area contributed by atoms with Crippen LogP contribution in [0.3, 0.4) is 0 Å². The van der Waals surface area contributed by atoms with Crippen LogP contribution in [-0.4, -0.2) is 22.2 Å². The van der Waals surface area contributed by atoms with Gasteiger partial charge in [-0.3, -0.25) is 0 Å². The normalized spacial score (nSPS) is 27.2. The maximum absolute atomic E-state index is 9.74. The number of hydrogen-bond donors (Lipinski definition) is 2. The Morgan fingerprint density at radius 3 is 2.86 bits per heavy atom. The van der Waals surface area contributed by atoms with Gasteiger partial charge in [0.05, 0.1) is 12.1 Å². The Morgan fingerprint density at radius 2 is 2.14 bits per heavy atom. The number of pyridine rings is 1. The van der Waals surface area contributed by atoms with Crippen LogP contribution in [0.5, 0.6) is 0 Å². The molecule has 1 saturated carbocycles. The lowest BCUT2D eigenvalue weighted by molar-refractivity contribution is 0.116. The van der Waals surface area contributed by atoms with E-state index in [4.69, 9.17) is 0 Å². The Labute approximate surface area is 84.2 Å². The molecule has 2 rings (SSSR count). The second-order valence-electron chi connectivity index (χ2n) is 3.82. The molecule has 1 aromatic rings. The van der Waals surface area contributed by atoms with Crippen molar-refractivity contribution in [1.29, 1.82) is 0 Å². The van der Waals surface area contributed by atoms with E-state index in [9.17, 15) is 5.11 Å². The number of rotatable bonds is 2. The van der Waals surface area contributed by atoms with E-state index < -0.39 is 0 Å². The number of aromatic nitrogens is 1. The van der Waals surface area contributed by atoms with E-state index in [0.717, 1.165) is 25.1 Å². The van der Waals surface area contributed by atoms with Gasteiger partial charge in [-0.25, -0.2) is 4.98 Å². The SMILES string of the molecule is OC1CCCCC1Nc1ccccn1. The Bertz CT molecular complexity index is 276. The van der Waals surface area contributed by atoms with Crippen LogP contribution in [0.15, 0.2) is 24.4 Å². The van der Waals surface area contributed by atoms with Crippen molar-refractivity contribution < 1.29 is 5.11 Å². The first kappa shape index (κ1) is 9.46. The fourth-order valence-electron chi connectivity index (χ4n) is 1.92. The van der Waals surface area contributed by atoms with E-state index in [2.05, 4.69) is 10.3 Å². The van der Waals surface area contributed by atoms with Crippen molar-refractivity contribution in [3.8, 4) is 0 Å². The molecule has 0 aromatic carbocycles. The first-order chi connectivity index (χ1) is 6.86. The molecule has 0 amide bonds. The van der Waals surface area contributed by atoms with Gasteiger partial charge in [-0.05, 0) is 25.0 Å². The molecule has 2 atom stereocenters. The summed E-state index contributed by atoms with van der Waals surface area (Å²) < 4.78 is 0. The predicted molar refractivity (Wildman–Crippen MR) is 56.1 cm³/mol. The molecule has 76 valence electrons. The van der Waals surface area contributed by atoms with E-state index in [-0.39, 0.29) is 12.1 Å². The van der Waals surface area contributed by atoms with E-state index in [0.29, 0.717) is 0 Å². The van der Waals surface area contributed by atoms with Crippen molar-refractivity contribution in [3.05, 3.63) is 24.4 Å². The van der Waals surface area contributed by atoms with Gasteiger partial charge < -0.3 is 10.4 Å². The smallest absolute Gasteiger partial charge is 0.126 e. The van der Waals surface area contributed by atoms with Gasteiger partial charge in [0.1, 0.15) is 5.82 Å². The monoisotopic (exact) mass is 192 g/mol. The predicted octanol–water partition coefficient (Wildman–Crippen LogP) is 1.80. The van der Waals surface area contributed by atoms with Crippen LogP contribution in [0.1, 0.15) is 25.7 Å². The van der Waals surface area contributed by atoms with Crippen LogP contribution in [0.4, 0.5) is 5.82 Å². The largest absolute Gasteiger partial charge is 0.391 e. The number of anilines is 1. The molecule has 1 aliphatic rings. The summed E-state index contributed by atoms with van der Waals surface area (Å²) >= 11 is 0.